The maximum atomic E-state index is 12.5. The maximum absolute atomic E-state index is 12.5. The van der Waals surface area contributed by atoms with Gasteiger partial charge in [-0.15, -0.1) is 0 Å². The molecular weight excluding hydrogens is 346 g/mol. The molecule has 0 N–H and O–H groups in total. The molecule has 1 aromatic carbocycles. The summed E-state index contributed by atoms with van der Waals surface area (Å²) >= 11 is 0. The topological polar surface area (TPSA) is 82.9 Å². The molecule has 0 bridgehead atoms. The normalized spacial score (nSPS) is 19.3. The largest absolute Gasteiger partial charge is 0.445 e. The second-order valence-corrected chi connectivity index (χ2v) is 7.69. The van der Waals surface area contributed by atoms with Crippen LogP contribution in [0.25, 0.3) is 0 Å². The lowest BCUT2D eigenvalue weighted by atomic mass is 10.1. The first-order chi connectivity index (χ1) is 12.7. The smallest absolute Gasteiger partial charge is 0.410 e. The Bertz CT molecular complexity index is 693. The average Bonchev–Trinajstić information content (AvgIpc) is 3.03. The molecule has 1 saturated heterocycles. The van der Waals surface area contributed by atoms with Crippen LogP contribution in [0.15, 0.2) is 30.3 Å². The first-order valence-electron chi connectivity index (χ1n) is 9.01. The summed E-state index contributed by atoms with van der Waals surface area (Å²) in [4.78, 5) is 27.9. The first-order valence-corrected chi connectivity index (χ1v) is 9.01. The van der Waals surface area contributed by atoms with E-state index in [1.165, 1.54) is 4.90 Å². The summed E-state index contributed by atoms with van der Waals surface area (Å²) in [6.45, 7) is 5.90. The van der Waals surface area contributed by atoms with Crippen molar-refractivity contribution >= 4 is 12.2 Å². The maximum Gasteiger partial charge on any atom is 0.410 e. The standard InChI is InChI=1S/C20H27N3O4/c1-20(2,3)27-19(25)23-13-17(12-16(23)10-11-21)22(4)18(24)26-14-15-8-6-5-7-9-15/h5-9,16-17H,10,12-14H2,1-4H3/t16-,17+/m0/s1. The van der Waals surface area contributed by atoms with Crippen LogP contribution in [0.3, 0.4) is 0 Å². The lowest BCUT2D eigenvalue weighted by Crippen LogP contribution is -2.42. The molecule has 1 aromatic rings. The first kappa shape index (κ1) is 20.6. The van der Waals surface area contributed by atoms with Crippen molar-refractivity contribution in [3.8, 4) is 6.07 Å². The molecule has 0 radical (unpaired) electrons. The number of hydrogen-bond acceptors (Lipinski definition) is 5. The van der Waals surface area contributed by atoms with Gasteiger partial charge in [0.25, 0.3) is 0 Å². The van der Waals surface area contributed by atoms with E-state index in [2.05, 4.69) is 6.07 Å². The molecule has 0 unspecified atom stereocenters. The number of hydrogen-bond donors (Lipinski definition) is 0. The van der Waals surface area contributed by atoms with Crippen LogP contribution in [0.2, 0.25) is 0 Å². The molecule has 0 saturated carbocycles. The molecule has 0 spiro atoms. The molecule has 1 fully saturated rings. The van der Waals surface area contributed by atoms with Gasteiger partial charge in [-0.3, -0.25) is 0 Å². The summed E-state index contributed by atoms with van der Waals surface area (Å²) < 4.78 is 10.8. The molecule has 0 aromatic heterocycles. The predicted molar refractivity (Wildman–Crippen MR) is 99.8 cm³/mol. The number of likely N-dealkylation sites (N-methyl/N-ethyl adjacent to an activating group) is 1. The Morgan fingerprint density at radius 3 is 2.56 bits per heavy atom. The fraction of sp³-hybridized carbons (Fsp3) is 0.550. The highest BCUT2D eigenvalue weighted by Gasteiger charge is 2.40. The Morgan fingerprint density at radius 1 is 1.30 bits per heavy atom. The highest BCUT2D eigenvalue weighted by atomic mass is 16.6. The van der Waals surface area contributed by atoms with Crippen LogP contribution in [-0.4, -0.2) is 53.3 Å². The Labute approximate surface area is 160 Å². The molecule has 2 amide bonds. The Hall–Kier alpha value is -2.75. The van der Waals surface area contributed by atoms with Crippen molar-refractivity contribution in [3.05, 3.63) is 35.9 Å². The number of ether oxygens (including phenoxy) is 2. The molecule has 27 heavy (non-hydrogen) atoms. The summed E-state index contributed by atoms with van der Waals surface area (Å²) in [6.07, 6.45) is -0.200. The van der Waals surface area contributed by atoms with Crippen LogP contribution in [0.5, 0.6) is 0 Å². The SMILES string of the molecule is CN(C(=O)OCc1ccccc1)[C@@H]1C[C@H](CC#N)N(C(=O)OC(C)(C)C)C1. The van der Waals surface area contributed by atoms with Gasteiger partial charge < -0.3 is 19.3 Å². The zero-order chi connectivity index (χ0) is 20.0. The molecule has 0 aliphatic carbocycles. The number of rotatable bonds is 4. The van der Waals surface area contributed by atoms with Crippen molar-refractivity contribution < 1.29 is 19.1 Å². The van der Waals surface area contributed by atoms with E-state index in [-0.39, 0.29) is 25.1 Å². The third-order valence-corrected chi connectivity index (χ3v) is 4.39. The second kappa shape index (κ2) is 8.76. The monoisotopic (exact) mass is 373 g/mol. The van der Waals surface area contributed by atoms with Crippen LogP contribution in [0.1, 0.15) is 39.2 Å². The van der Waals surface area contributed by atoms with Gasteiger partial charge in [-0.2, -0.15) is 5.26 Å². The summed E-state index contributed by atoms with van der Waals surface area (Å²) in [5.41, 5.74) is 0.288. The number of amides is 2. The van der Waals surface area contributed by atoms with Gasteiger partial charge in [-0.05, 0) is 32.8 Å². The zero-order valence-electron chi connectivity index (χ0n) is 16.3. The minimum atomic E-state index is -0.618. The third kappa shape index (κ3) is 5.88. The van der Waals surface area contributed by atoms with E-state index in [1.54, 1.807) is 32.7 Å². The third-order valence-electron chi connectivity index (χ3n) is 4.39. The average molecular weight is 373 g/mol. The van der Waals surface area contributed by atoms with Gasteiger partial charge in [0.2, 0.25) is 0 Å². The number of likely N-dealkylation sites (tertiary alicyclic amines) is 1. The van der Waals surface area contributed by atoms with E-state index in [9.17, 15) is 9.59 Å². The molecule has 2 atom stereocenters. The van der Waals surface area contributed by atoms with E-state index < -0.39 is 17.8 Å². The van der Waals surface area contributed by atoms with Crippen LogP contribution in [0, 0.1) is 11.3 Å². The Kier molecular flexibility index (Phi) is 6.67. The van der Waals surface area contributed by atoms with E-state index >= 15 is 0 Å². The Balaban J connectivity index is 1.97. The van der Waals surface area contributed by atoms with Crippen molar-refractivity contribution in [3.63, 3.8) is 0 Å². The molecule has 146 valence electrons. The molecule has 7 heteroatoms. The van der Waals surface area contributed by atoms with E-state index in [1.807, 2.05) is 30.3 Å². The second-order valence-electron chi connectivity index (χ2n) is 7.69. The van der Waals surface area contributed by atoms with Gasteiger partial charge in [-0.1, -0.05) is 30.3 Å². The van der Waals surface area contributed by atoms with Crippen LogP contribution < -0.4 is 0 Å². The highest BCUT2D eigenvalue weighted by Crippen LogP contribution is 2.26. The summed E-state index contributed by atoms with van der Waals surface area (Å²) in [7, 11) is 1.65. The number of carbonyl (C=O) groups is 2. The van der Waals surface area contributed by atoms with Crippen molar-refractivity contribution in [2.24, 2.45) is 0 Å². The number of benzene rings is 1. The van der Waals surface area contributed by atoms with Crippen molar-refractivity contribution in [1.82, 2.24) is 9.80 Å². The fourth-order valence-corrected chi connectivity index (χ4v) is 2.99. The zero-order valence-corrected chi connectivity index (χ0v) is 16.3. The predicted octanol–water partition coefficient (Wildman–Crippen LogP) is 3.55. The summed E-state index contributed by atoms with van der Waals surface area (Å²) in [5, 5.41) is 9.07. The number of carbonyl (C=O) groups excluding carboxylic acids is 2. The fourth-order valence-electron chi connectivity index (χ4n) is 2.99. The molecular formula is C20H27N3O4. The number of nitriles is 1. The van der Waals surface area contributed by atoms with Gasteiger partial charge >= 0.3 is 12.2 Å². The quantitative estimate of drug-likeness (QED) is 0.806. The van der Waals surface area contributed by atoms with E-state index in [4.69, 9.17) is 14.7 Å². The molecule has 1 aliphatic rings. The lowest BCUT2D eigenvalue weighted by Gasteiger charge is -2.28. The van der Waals surface area contributed by atoms with Crippen LogP contribution in [-0.2, 0) is 16.1 Å². The van der Waals surface area contributed by atoms with Crippen molar-refractivity contribution in [2.75, 3.05) is 13.6 Å². The molecule has 1 aliphatic heterocycles. The van der Waals surface area contributed by atoms with Gasteiger partial charge in [0.15, 0.2) is 0 Å². The number of nitrogens with zero attached hydrogens (tertiary/aromatic N) is 3. The van der Waals surface area contributed by atoms with Crippen molar-refractivity contribution in [1.29, 1.82) is 5.26 Å². The van der Waals surface area contributed by atoms with Gasteiger partial charge in [0.05, 0.1) is 24.6 Å². The Morgan fingerprint density at radius 2 is 1.96 bits per heavy atom. The highest BCUT2D eigenvalue weighted by molar-refractivity contribution is 5.70. The summed E-state index contributed by atoms with van der Waals surface area (Å²) in [5.74, 6) is 0. The summed E-state index contributed by atoms with van der Waals surface area (Å²) in [6, 6.07) is 11.0. The lowest BCUT2D eigenvalue weighted by molar-refractivity contribution is 0.0217. The van der Waals surface area contributed by atoms with E-state index in [0.29, 0.717) is 13.0 Å². The minimum Gasteiger partial charge on any atom is -0.445 e. The van der Waals surface area contributed by atoms with Gasteiger partial charge in [-0.25, -0.2) is 9.59 Å². The molecule has 1 heterocycles. The molecule has 7 nitrogen and oxygen atoms in total. The van der Waals surface area contributed by atoms with Gasteiger partial charge in [0, 0.05) is 13.6 Å². The van der Waals surface area contributed by atoms with Crippen LogP contribution in [0.4, 0.5) is 9.59 Å². The van der Waals surface area contributed by atoms with Crippen molar-refractivity contribution in [2.45, 2.75) is 57.9 Å². The van der Waals surface area contributed by atoms with E-state index in [0.717, 1.165) is 5.56 Å². The molecule has 2 rings (SSSR count). The van der Waals surface area contributed by atoms with Crippen LogP contribution >= 0.6 is 0 Å². The minimum absolute atomic E-state index is 0.189. The van der Waals surface area contributed by atoms with Gasteiger partial charge in [0.1, 0.15) is 12.2 Å².